The Morgan fingerprint density at radius 1 is 1.45 bits per heavy atom. The maximum atomic E-state index is 12.6. The summed E-state index contributed by atoms with van der Waals surface area (Å²) in [4.78, 5) is 22.5. The zero-order valence-corrected chi connectivity index (χ0v) is 11.4. The van der Waals surface area contributed by atoms with Gasteiger partial charge in [-0.25, -0.2) is 9.97 Å². The van der Waals surface area contributed by atoms with E-state index < -0.39 is 0 Å². The molecular formula is C14H17N5O. The number of likely N-dealkylation sites (tertiary alicyclic amines) is 1. The lowest BCUT2D eigenvalue weighted by atomic mass is 10.0. The quantitative estimate of drug-likeness (QED) is 0.829. The van der Waals surface area contributed by atoms with Gasteiger partial charge in [-0.15, -0.1) is 0 Å². The van der Waals surface area contributed by atoms with Gasteiger partial charge in [0, 0.05) is 31.7 Å². The van der Waals surface area contributed by atoms with Crippen molar-refractivity contribution in [1.29, 1.82) is 0 Å². The van der Waals surface area contributed by atoms with Crippen LogP contribution in [-0.4, -0.2) is 43.6 Å². The van der Waals surface area contributed by atoms with E-state index in [-0.39, 0.29) is 11.9 Å². The van der Waals surface area contributed by atoms with Gasteiger partial charge in [-0.3, -0.25) is 9.48 Å². The normalized spacial score (nSPS) is 19.1. The zero-order valence-electron chi connectivity index (χ0n) is 11.4. The van der Waals surface area contributed by atoms with Crippen molar-refractivity contribution < 1.29 is 4.79 Å². The molecule has 2 aromatic heterocycles. The summed E-state index contributed by atoms with van der Waals surface area (Å²) in [6.07, 6.45) is 8.83. The second-order valence-corrected chi connectivity index (χ2v) is 5.06. The minimum atomic E-state index is 0.0138. The minimum Gasteiger partial charge on any atom is -0.336 e. The molecule has 1 aliphatic rings. The standard InChI is InChI=1S/C14H17N5O/c1-11-13(8-15-10-16-11)14(20)18-6-2-4-12(9-18)19-7-3-5-17-19/h3,5,7-8,10,12H,2,4,6,9H2,1H3/t12-/m1/s1. The highest BCUT2D eigenvalue weighted by Crippen LogP contribution is 2.22. The summed E-state index contributed by atoms with van der Waals surface area (Å²) >= 11 is 0. The van der Waals surface area contributed by atoms with Crippen LogP contribution in [0.15, 0.2) is 31.0 Å². The Bertz CT molecular complexity index is 595. The molecule has 0 unspecified atom stereocenters. The van der Waals surface area contributed by atoms with Crippen molar-refractivity contribution in [2.24, 2.45) is 0 Å². The molecule has 6 nitrogen and oxygen atoms in total. The van der Waals surface area contributed by atoms with Gasteiger partial charge in [0.2, 0.25) is 0 Å². The average Bonchev–Trinajstić information content (AvgIpc) is 3.01. The lowest BCUT2D eigenvalue weighted by molar-refractivity contribution is 0.0671. The minimum absolute atomic E-state index is 0.0138. The van der Waals surface area contributed by atoms with E-state index >= 15 is 0 Å². The van der Waals surface area contributed by atoms with Crippen LogP contribution < -0.4 is 0 Å². The van der Waals surface area contributed by atoms with Crippen LogP contribution in [0.3, 0.4) is 0 Å². The van der Waals surface area contributed by atoms with Crippen LogP contribution in [0.1, 0.15) is 34.9 Å². The predicted molar refractivity (Wildman–Crippen MR) is 73.2 cm³/mol. The first-order chi connectivity index (χ1) is 9.75. The summed E-state index contributed by atoms with van der Waals surface area (Å²) < 4.78 is 1.94. The highest BCUT2D eigenvalue weighted by atomic mass is 16.2. The monoisotopic (exact) mass is 271 g/mol. The Hall–Kier alpha value is -2.24. The number of piperidine rings is 1. The van der Waals surface area contributed by atoms with Crippen molar-refractivity contribution in [2.75, 3.05) is 13.1 Å². The van der Waals surface area contributed by atoms with E-state index in [9.17, 15) is 4.79 Å². The van der Waals surface area contributed by atoms with E-state index in [0.717, 1.165) is 25.1 Å². The van der Waals surface area contributed by atoms with E-state index in [2.05, 4.69) is 15.1 Å². The number of aryl methyl sites for hydroxylation is 1. The summed E-state index contributed by atoms with van der Waals surface area (Å²) in [5.41, 5.74) is 1.32. The van der Waals surface area contributed by atoms with Gasteiger partial charge in [-0.05, 0) is 25.8 Å². The fourth-order valence-corrected chi connectivity index (χ4v) is 2.62. The predicted octanol–water partition coefficient (Wildman–Crippen LogP) is 1.46. The third-order valence-electron chi connectivity index (χ3n) is 3.72. The van der Waals surface area contributed by atoms with Gasteiger partial charge in [0.1, 0.15) is 6.33 Å². The van der Waals surface area contributed by atoms with Crippen LogP contribution in [0.25, 0.3) is 0 Å². The summed E-state index contributed by atoms with van der Waals surface area (Å²) in [5, 5.41) is 4.28. The molecule has 2 aromatic rings. The molecule has 104 valence electrons. The van der Waals surface area contributed by atoms with Crippen LogP contribution in [0.2, 0.25) is 0 Å². The van der Waals surface area contributed by atoms with Crippen LogP contribution >= 0.6 is 0 Å². The number of aromatic nitrogens is 4. The van der Waals surface area contributed by atoms with E-state index in [0.29, 0.717) is 12.1 Å². The van der Waals surface area contributed by atoms with Gasteiger partial charge in [0.15, 0.2) is 0 Å². The van der Waals surface area contributed by atoms with Crippen LogP contribution in [0.5, 0.6) is 0 Å². The van der Waals surface area contributed by atoms with Gasteiger partial charge < -0.3 is 4.90 Å². The molecule has 1 fully saturated rings. The Morgan fingerprint density at radius 2 is 2.35 bits per heavy atom. The van der Waals surface area contributed by atoms with Crippen molar-refractivity contribution in [3.05, 3.63) is 42.2 Å². The first-order valence-corrected chi connectivity index (χ1v) is 6.80. The third kappa shape index (κ3) is 2.41. The van der Waals surface area contributed by atoms with Crippen LogP contribution in [0.4, 0.5) is 0 Å². The largest absolute Gasteiger partial charge is 0.336 e. The molecular weight excluding hydrogens is 254 g/mol. The molecule has 0 aromatic carbocycles. The van der Waals surface area contributed by atoms with E-state index in [1.165, 1.54) is 6.33 Å². The number of nitrogens with zero attached hydrogens (tertiary/aromatic N) is 5. The number of amides is 1. The SMILES string of the molecule is Cc1ncncc1C(=O)N1CCC[C@@H](n2cccn2)C1. The summed E-state index contributed by atoms with van der Waals surface area (Å²) in [6.45, 7) is 3.31. The average molecular weight is 271 g/mol. The van der Waals surface area contributed by atoms with Gasteiger partial charge in [-0.2, -0.15) is 5.10 Å². The van der Waals surface area contributed by atoms with Crippen molar-refractivity contribution in [1.82, 2.24) is 24.6 Å². The number of carbonyl (C=O) groups excluding carboxylic acids is 1. The van der Waals surface area contributed by atoms with Crippen molar-refractivity contribution in [2.45, 2.75) is 25.8 Å². The Balaban J connectivity index is 1.77. The Kier molecular flexibility index (Phi) is 3.45. The highest BCUT2D eigenvalue weighted by molar-refractivity contribution is 5.94. The number of rotatable bonds is 2. The molecule has 3 rings (SSSR count). The molecule has 3 heterocycles. The molecule has 1 saturated heterocycles. The first-order valence-electron chi connectivity index (χ1n) is 6.80. The van der Waals surface area contributed by atoms with Gasteiger partial charge >= 0.3 is 0 Å². The van der Waals surface area contributed by atoms with Crippen molar-refractivity contribution in [3.63, 3.8) is 0 Å². The Labute approximate surface area is 117 Å². The first kappa shape index (κ1) is 12.8. The molecule has 6 heteroatoms. The van der Waals surface area contributed by atoms with Gasteiger partial charge in [0.05, 0.1) is 17.3 Å². The highest BCUT2D eigenvalue weighted by Gasteiger charge is 2.26. The molecule has 20 heavy (non-hydrogen) atoms. The van der Waals surface area contributed by atoms with Crippen LogP contribution in [0, 0.1) is 6.92 Å². The fourth-order valence-electron chi connectivity index (χ4n) is 2.62. The summed E-state index contributed by atoms with van der Waals surface area (Å²) in [7, 11) is 0. The molecule has 1 atom stereocenters. The van der Waals surface area contributed by atoms with Gasteiger partial charge in [0.25, 0.3) is 5.91 Å². The summed E-state index contributed by atoms with van der Waals surface area (Å²) in [6, 6.07) is 2.17. The zero-order chi connectivity index (χ0) is 13.9. The van der Waals surface area contributed by atoms with E-state index in [1.807, 2.05) is 28.8 Å². The smallest absolute Gasteiger partial charge is 0.257 e. The molecule has 0 bridgehead atoms. The number of hydrogen-bond acceptors (Lipinski definition) is 4. The summed E-state index contributed by atoms with van der Waals surface area (Å²) in [5.74, 6) is 0.0138. The number of hydrogen-bond donors (Lipinski definition) is 0. The lowest BCUT2D eigenvalue weighted by Gasteiger charge is -2.33. The van der Waals surface area contributed by atoms with Gasteiger partial charge in [-0.1, -0.05) is 0 Å². The maximum Gasteiger partial charge on any atom is 0.257 e. The fraction of sp³-hybridized carbons (Fsp3) is 0.429. The molecule has 0 N–H and O–H groups in total. The molecule has 0 radical (unpaired) electrons. The lowest BCUT2D eigenvalue weighted by Crippen LogP contribution is -2.41. The Morgan fingerprint density at radius 3 is 3.10 bits per heavy atom. The number of carbonyl (C=O) groups is 1. The van der Waals surface area contributed by atoms with E-state index in [4.69, 9.17) is 0 Å². The molecule has 0 aliphatic carbocycles. The molecule has 0 spiro atoms. The van der Waals surface area contributed by atoms with E-state index in [1.54, 1.807) is 12.4 Å². The van der Waals surface area contributed by atoms with Crippen molar-refractivity contribution in [3.8, 4) is 0 Å². The third-order valence-corrected chi connectivity index (χ3v) is 3.72. The van der Waals surface area contributed by atoms with Crippen LogP contribution in [-0.2, 0) is 0 Å². The topological polar surface area (TPSA) is 63.9 Å². The second kappa shape index (κ2) is 5.40. The second-order valence-electron chi connectivity index (χ2n) is 5.06. The molecule has 1 amide bonds. The molecule has 0 saturated carbocycles. The van der Waals surface area contributed by atoms with Crippen molar-refractivity contribution >= 4 is 5.91 Å². The molecule has 1 aliphatic heterocycles. The maximum absolute atomic E-state index is 12.6.